The van der Waals surface area contributed by atoms with E-state index in [2.05, 4.69) is 20.6 Å². The number of carbonyl (C=O) groups is 1. The van der Waals surface area contributed by atoms with Gasteiger partial charge in [0.1, 0.15) is 5.51 Å². The Bertz CT molecular complexity index is 780. The Hall–Kier alpha value is -2.54. The summed E-state index contributed by atoms with van der Waals surface area (Å²) in [6.45, 7) is 3.89. The molecule has 0 aliphatic heterocycles. The molecule has 6 nitrogen and oxygen atoms in total. The summed E-state index contributed by atoms with van der Waals surface area (Å²) in [7, 11) is 0. The Morgan fingerprint density at radius 3 is 2.73 bits per heavy atom. The molecule has 2 heterocycles. The van der Waals surface area contributed by atoms with E-state index in [0.717, 1.165) is 22.6 Å². The summed E-state index contributed by atoms with van der Waals surface area (Å²) < 4.78 is 1.86. The monoisotopic (exact) mass is 313 g/mol. The van der Waals surface area contributed by atoms with Crippen molar-refractivity contribution in [2.45, 2.75) is 20.3 Å². The summed E-state index contributed by atoms with van der Waals surface area (Å²) in [5, 5.41) is 15.3. The van der Waals surface area contributed by atoms with Crippen molar-refractivity contribution in [2.75, 3.05) is 5.32 Å². The van der Waals surface area contributed by atoms with Crippen LogP contribution in [-0.2, 0) is 11.2 Å². The predicted molar refractivity (Wildman–Crippen MR) is 85.3 cm³/mol. The minimum Gasteiger partial charge on any atom is -0.300 e. The molecule has 0 bridgehead atoms. The topological polar surface area (TPSA) is 72.7 Å². The highest BCUT2D eigenvalue weighted by Crippen LogP contribution is 2.19. The van der Waals surface area contributed by atoms with Crippen molar-refractivity contribution in [3.8, 4) is 5.69 Å². The second-order valence-electron chi connectivity index (χ2n) is 4.87. The van der Waals surface area contributed by atoms with E-state index < -0.39 is 0 Å². The van der Waals surface area contributed by atoms with Gasteiger partial charge in [-0.05, 0) is 26.0 Å². The number of hydrogen-bond acceptors (Lipinski definition) is 5. The summed E-state index contributed by atoms with van der Waals surface area (Å²) in [6, 6.07) is 9.88. The van der Waals surface area contributed by atoms with Crippen LogP contribution in [0, 0.1) is 13.8 Å². The van der Waals surface area contributed by atoms with E-state index in [1.807, 2.05) is 48.9 Å². The number of para-hydroxylation sites is 1. The molecule has 2 aromatic heterocycles. The fraction of sp³-hybridized carbons (Fsp3) is 0.200. The molecule has 7 heteroatoms. The Morgan fingerprint density at radius 2 is 2.05 bits per heavy atom. The van der Waals surface area contributed by atoms with Gasteiger partial charge in [0.15, 0.2) is 0 Å². The number of hydrogen-bond donors (Lipinski definition) is 1. The van der Waals surface area contributed by atoms with Crippen LogP contribution in [0.2, 0.25) is 0 Å². The Labute approximate surface area is 131 Å². The highest BCUT2D eigenvalue weighted by Gasteiger charge is 2.16. The van der Waals surface area contributed by atoms with E-state index in [1.54, 1.807) is 5.51 Å². The minimum atomic E-state index is -0.115. The van der Waals surface area contributed by atoms with Gasteiger partial charge in [-0.25, -0.2) is 4.68 Å². The number of anilines is 1. The quantitative estimate of drug-likeness (QED) is 0.803. The maximum atomic E-state index is 12.1. The Kier molecular flexibility index (Phi) is 3.97. The van der Waals surface area contributed by atoms with Crippen LogP contribution >= 0.6 is 11.3 Å². The lowest BCUT2D eigenvalue weighted by Gasteiger charge is -2.05. The zero-order chi connectivity index (χ0) is 15.5. The Morgan fingerprint density at radius 1 is 1.27 bits per heavy atom. The van der Waals surface area contributed by atoms with Crippen molar-refractivity contribution in [3.63, 3.8) is 0 Å². The third-order valence-electron chi connectivity index (χ3n) is 3.39. The van der Waals surface area contributed by atoms with Gasteiger partial charge in [0, 0.05) is 11.3 Å². The van der Waals surface area contributed by atoms with Gasteiger partial charge in [-0.3, -0.25) is 4.79 Å². The fourth-order valence-electron chi connectivity index (χ4n) is 2.30. The molecule has 0 radical (unpaired) electrons. The van der Waals surface area contributed by atoms with E-state index in [1.165, 1.54) is 11.3 Å². The molecule has 0 atom stereocenters. The summed E-state index contributed by atoms with van der Waals surface area (Å²) in [5.74, 6) is -0.115. The van der Waals surface area contributed by atoms with Crippen LogP contribution in [-0.4, -0.2) is 25.9 Å². The van der Waals surface area contributed by atoms with Gasteiger partial charge < -0.3 is 5.32 Å². The standard InChI is InChI=1S/C15H15N5OS/c1-10-13(8-14(21)17-15-18-16-9-22-15)11(2)20(19-10)12-6-4-3-5-7-12/h3-7,9H,8H2,1-2H3,(H,17,18,21). The van der Waals surface area contributed by atoms with Crippen LogP contribution in [0.5, 0.6) is 0 Å². The van der Waals surface area contributed by atoms with Crippen molar-refractivity contribution < 1.29 is 4.79 Å². The third kappa shape index (κ3) is 2.89. The normalized spacial score (nSPS) is 10.6. The average molecular weight is 313 g/mol. The van der Waals surface area contributed by atoms with Crippen molar-refractivity contribution in [1.82, 2.24) is 20.0 Å². The van der Waals surface area contributed by atoms with E-state index >= 15 is 0 Å². The van der Waals surface area contributed by atoms with Gasteiger partial charge in [0.2, 0.25) is 11.0 Å². The van der Waals surface area contributed by atoms with Gasteiger partial charge in [0.05, 0.1) is 17.8 Å². The largest absolute Gasteiger partial charge is 0.300 e. The number of aromatic nitrogens is 4. The number of amides is 1. The molecular weight excluding hydrogens is 298 g/mol. The van der Waals surface area contributed by atoms with E-state index in [0.29, 0.717) is 5.13 Å². The van der Waals surface area contributed by atoms with Crippen molar-refractivity contribution in [3.05, 3.63) is 52.8 Å². The molecule has 0 aliphatic carbocycles. The first kappa shape index (κ1) is 14.4. The van der Waals surface area contributed by atoms with Crippen LogP contribution in [0.1, 0.15) is 17.0 Å². The molecule has 1 amide bonds. The first-order valence-corrected chi connectivity index (χ1v) is 7.69. The summed E-state index contributed by atoms with van der Waals surface area (Å²) in [4.78, 5) is 12.1. The number of carbonyl (C=O) groups excluding carboxylic acids is 1. The van der Waals surface area contributed by atoms with E-state index in [-0.39, 0.29) is 12.3 Å². The second-order valence-corrected chi connectivity index (χ2v) is 5.70. The van der Waals surface area contributed by atoms with Crippen LogP contribution in [0.4, 0.5) is 5.13 Å². The van der Waals surface area contributed by atoms with Gasteiger partial charge in [0.25, 0.3) is 0 Å². The Balaban J connectivity index is 1.83. The number of nitrogens with zero attached hydrogens (tertiary/aromatic N) is 4. The zero-order valence-corrected chi connectivity index (χ0v) is 13.1. The molecule has 3 rings (SSSR count). The highest BCUT2D eigenvalue weighted by atomic mass is 32.1. The second kappa shape index (κ2) is 6.07. The molecule has 3 aromatic rings. The summed E-state index contributed by atoms with van der Waals surface area (Å²) >= 11 is 1.30. The molecule has 0 saturated heterocycles. The van der Waals surface area contributed by atoms with Gasteiger partial charge in [-0.2, -0.15) is 5.10 Å². The first-order chi connectivity index (χ1) is 10.6. The summed E-state index contributed by atoms with van der Waals surface area (Å²) in [6.07, 6.45) is 0.268. The number of nitrogens with one attached hydrogen (secondary N) is 1. The maximum absolute atomic E-state index is 12.1. The molecule has 0 unspecified atom stereocenters. The van der Waals surface area contributed by atoms with Crippen molar-refractivity contribution >= 4 is 22.4 Å². The molecule has 1 aromatic carbocycles. The van der Waals surface area contributed by atoms with Crippen molar-refractivity contribution in [1.29, 1.82) is 0 Å². The molecular formula is C15H15N5OS. The summed E-state index contributed by atoms with van der Waals surface area (Å²) in [5.41, 5.74) is 5.33. The molecule has 1 N–H and O–H groups in total. The number of benzene rings is 1. The lowest BCUT2D eigenvalue weighted by atomic mass is 10.1. The van der Waals surface area contributed by atoms with Crippen LogP contribution in [0.15, 0.2) is 35.8 Å². The van der Waals surface area contributed by atoms with Crippen LogP contribution in [0.25, 0.3) is 5.69 Å². The molecule has 112 valence electrons. The lowest BCUT2D eigenvalue weighted by Crippen LogP contribution is -2.15. The van der Waals surface area contributed by atoms with E-state index in [4.69, 9.17) is 0 Å². The average Bonchev–Trinajstić information content (AvgIpc) is 3.11. The van der Waals surface area contributed by atoms with Crippen LogP contribution in [0.3, 0.4) is 0 Å². The van der Waals surface area contributed by atoms with Gasteiger partial charge in [-0.1, -0.05) is 29.5 Å². The predicted octanol–water partition coefficient (Wildman–Crippen LogP) is 2.52. The minimum absolute atomic E-state index is 0.115. The van der Waals surface area contributed by atoms with E-state index in [9.17, 15) is 4.79 Å². The molecule has 0 aliphatic rings. The number of aryl methyl sites for hydroxylation is 1. The zero-order valence-electron chi connectivity index (χ0n) is 12.3. The van der Waals surface area contributed by atoms with Gasteiger partial charge >= 0.3 is 0 Å². The first-order valence-electron chi connectivity index (χ1n) is 6.81. The third-order valence-corrected chi connectivity index (χ3v) is 3.99. The van der Waals surface area contributed by atoms with Crippen LogP contribution < -0.4 is 5.32 Å². The molecule has 0 fully saturated rings. The maximum Gasteiger partial charge on any atom is 0.230 e. The molecule has 0 saturated carbocycles. The highest BCUT2D eigenvalue weighted by molar-refractivity contribution is 7.13. The van der Waals surface area contributed by atoms with Gasteiger partial charge in [-0.15, -0.1) is 10.2 Å². The smallest absolute Gasteiger partial charge is 0.230 e. The number of rotatable bonds is 4. The fourth-order valence-corrected chi connectivity index (χ4v) is 2.76. The van der Waals surface area contributed by atoms with Crippen molar-refractivity contribution in [2.24, 2.45) is 0 Å². The SMILES string of the molecule is Cc1nn(-c2ccccc2)c(C)c1CC(=O)Nc1nncs1. The molecule has 22 heavy (non-hydrogen) atoms. The molecule has 0 spiro atoms. The lowest BCUT2D eigenvalue weighted by molar-refractivity contribution is -0.115.